The summed E-state index contributed by atoms with van der Waals surface area (Å²) in [5, 5.41) is -0.284. The van der Waals surface area contributed by atoms with Crippen LogP contribution in [0.15, 0.2) is 89.8 Å². The second-order valence-corrected chi connectivity index (χ2v) is 9.49. The Labute approximate surface area is 208 Å². The highest BCUT2D eigenvalue weighted by atomic mass is 32.2. The fourth-order valence-corrected chi connectivity index (χ4v) is 5.14. The predicted octanol–water partition coefficient (Wildman–Crippen LogP) is 4.89. The number of piperazine rings is 1. The Hall–Kier alpha value is -3.84. The maximum atomic E-state index is 13.2. The maximum Gasteiger partial charge on any atom is 0.293 e. The number of hydrogen-bond donors (Lipinski definition) is 0. The standard InChI is InChI=1S/C28H25N3O3S/c32-26(30-16-14-29(15-17-30)24-12-5-2-6-13-24)23-11-7-10-22(18-23)19-25-27(33)31(28(34)35-25)20-21-8-3-1-4-9-21/h1-13,18-19H,14-17,20H2/b25-19-. The molecule has 0 aliphatic carbocycles. The Balaban J connectivity index is 1.25. The average Bonchev–Trinajstić information content (AvgIpc) is 3.17. The molecule has 0 bridgehead atoms. The summed E-state index contributed by atoms with van der Waals surface area (Å²) in [6, 6.07) is 26.9. The summed E-state index contributed by atoms with van der Waals surface area (Å²) in [7, 11) is 0. The summed E-state index contributed by atoms with van der Waals surface area (Å²) in [6.07, 6.45) is 1.69. The van der Waals surface area contributed by atoms with Crippen molar-refractivity contribution in [1.29, 1.82) is 0 Å². The lowest BCUT2D eigenvalue weighted by molar-refractivity contribution is -0.123. The van der Waals surface area contributed by atoms with Gasteiger partial charge in [-0.05, 0) is 53.2 Å². The van der Waals surface area contributed by atoms with Crippen molar-refractivity contribution < 1.29 is 14.4 Å². The molecule has 3 amide bonds. The maximum absolute atomic E-state index is 13.2. The van der Waals surface area contributed by atoms with E-state index in [1.807, 2.05) is 65.6 Å². The van der Waals surface area contributed by atoms with Crippen molar-refractivity contribution in [2.24, 2.45) is 0 Å². The summed E-state index contributed by atoms with van der Waals surface area (Å²) in [5.74, 6) is -0.331. The van der Waals surface area contributed by atoms with Crippen LogP contribution in [0.1, 0.15) is 21.5 Å². The lowest BCUT2D eigenvalue weighted by atomic mass is 10.1. The van der Waals surface area contributed by atoms with E-state index in [4.69, 9.17) is 0 Å². The zero-order chi connectivity index (χ0) is 24.2. The van der Waals surface area contributed by atoms with E-state index in [1.165, 1.54) is 10.6 Å². The number of thioether (sulfide) groups is 1. The minimum Gasteiger partial charge on any atom is -0.368 e. The molecule has 0 radical (unpaired) electrons. The van der Waals surface area contributed by atoms with Gasteiger partial charge in [0.05, 0.1) is 11.4 Å². The Kier molecular flexibility index (Phi) is 6.68. The number of carbonyl (C=O) groups excluding carboxylic acids is 3. The van der Waals surface area contributed by atoms with Crippen LogP contribution >= 0.6 is 11.8 Å². The fourth-order valence-electron chi connectivity index (χ4n) is 4.30. The van der Waals surface area contributed by atoms with Crippen molar-refractivity contribution >= 4 is 40.6 Å². The minimum absolute atomic E-state index is 0.0230. The Bertz CT molecular complexity index is 1270. The zero-order valence-corrected chi connectivity index (χ0v) is 20.0. The summed E-state index contributed by atoms with van der Waals surface area (Å²) in [4.78, 5) is 44.3. The van der Waals surface area contributed by atoms with Gasteiger partial charge >= 0.3 is 0 Å². The third-order valence-electron chi connectivity index (χ3n) is 6.18. The molecule has 2 saturated heterocycles. The lowest BCUT2D eigenvalue weighted by Crippen LogP contribution is -2.48. The molecule has 0 saturated carbocycles. The molecule has 0 unspecified atom stereocenters. The zero-order valence-electron chi connectivity index (χ0n) is 19.2. The van der Waals surface area contributed by atoms with Crippen LogP contribution in [0.25, 0.3) is 6.08 Å². The number of hydrogen-bond acceptors (Lipinski definition) is 5. The van der Waals surface area contributed by atoms with Crippen molar-refractivity contribution in [3.63, 3.8) is 0 Å². The van der Waals surface area contributed by atoms with Gasteiger partial charge in [-0.2, -0.15) is 0 Å². The molecule has 0 atom stereocenters. The third kappa shape index (κ3) is 5.15. The van der Waals surface area contributed by atoms with Crippen LogP contribution in [0, 0.1) is 0 Å². The SMILES string of the molecule is O=C(c1cccc(/C=C2\SC(=O)N(Cc3ccccc3)C2=O)c1)N1CCN(c2ccccc2)CC1. The van der Waals surface area contributed by atoms with E-state index in [1.54, 1.807) is 18.2 Å². The highest BCUT2D eigenvalue weighted by molar-refractivity contribution is 8.18. The van der Waals surface area contributed by atoms with Crippen molar-refractivity contribution in [2.45, 2.75) is 6.54 Å². The molecule has 176 valence electrons. The second kappa shape index (κ2) is 10.2. The van der Waals surface area contributed by atoms with Crippen molar-refractivity contribution in [3.8, 4) is 0 Å². The van der Waals surface area contributed by atoms with Gasteiger partial charge in [-0.1, -0.05) is 60.7 Å². The topological polar surface area (TPSA) is 60.9 Å². The molecule has 2 heterocycles. The number of para-hydroxylation sites is 1. The molecule has 2 aliphatic rings. The van der Waals surface area contributed by atoms with Gasteiger partial charge in [-0.15, -0.1) is 0 Å². The third-order valence-corrected chi connectivity index (χ3v) is 7.08. The highest BCUT2D eigenvalue weighted by Crippen LogP contribution is 2.33. The summed E-state index contributed by atoms with van der Waals surface area (Å²) in [6.45, 7) is 3.11. The molecule has 0 aromatic heterocycles. The van der Waals surface area contributed by atoms with Crippen molar-refractivity contribution in [2.75, 3.05) is 31.1 Å². The highest BCUT2D eigenvalue weighted by Gasteiger charge is 2.35. The van der Waals surface area contributed by atoms with Gasteiger partial charge in [0.2, 0.25) is 0 Å². The molecule has 35 heavy (non-hydrogen) atoms. The largest absolute Gasteiger partial charge is 0.368 e. The van der Waals surface area contributed by atoms with Gasteiger partial charge in [0.15, 0.2) is 0 Å². The van der Waals surface area contributed by atoms with Gasteiger partial charge in [0.1, 0.15) is 0 Å². The normalized spacial score (nSPS) is 17.4. The molecule has 2 aliphatic heterocycles. The van der Waals surface area contributed by atoms with Gasteiger partial charge in [0, 0.05) is 37.4 Å². The van der Waals surface area contributed by atoms with E-state index in [-0.39, 0.29) is 23.6 Å². The van der Waals surface area contributed by atoms with E-state index in [9.17, 15) is 14.4 Å². The second-order valence-electron chi connectivity index (χ2n) is 8.49. The first kappa shape index (κ1) is 22.9. The number of carbonyl (C=O) groups is 3. The van der Waals surface area contributed by atoms with Crippen molar-refractivity contribution in [3.05, 3.63) is 107 Å². The quantitative estimate of drug-likeness (QED) is 0.484. The van der Waals surface area contributed by atoms with Crippen LogP contribution in [-0.4, -0.2) is 53.0 Å². The van der Waals surface area contributed by atoms with E-state index in [2.05, 4.69) is 17.0 Å². The molecule has 3 aromatic rings. The first-order valence-electron chi connectivity index (χ1n) is 11.6. The van der Waals surface area contributed by atoms with Crippen LogP contribution in [0.4, 0.5) is 10.5 Å². The van der Waals surface area contributed by atoms with E-state index in [0.717, 1.165) is 36.0 Å². The van der Waals surface area contributed by atoms with E-state index >= 15 is 0 Å². The van der Waals surface area contributed by atoms with Crippen LogP contribution in [0.5, 0.6) is 0 Å². The monoisotopic (exact) mass is 483 g/mol. The van der Waals surface area contributed by atoms with Crippen LogP contribution < -0.4 is 4.90 Å². The van der Waals surface area contributed by atoms with Gasteiger partial charge in [0.25, 0.3) is 17.1 Å². The van der Waals surface area contributed by atoms with Gasteiger partial charge < -0.3 is 9.80 Å². The van der Waals surface area contributed by atoms with Crippen LogP contribution in [-0.2, 0) is 11.3 Å². The van der Waals surface area contributed by atoms with Crippen LogP contribution in [0.3, 0.4) is 0 Å². The Morgan fingerprint density at radius 3 is 2.23 bits per heavy atom. The summed E-state index contributed by atoms with van der Waals surface area (Å²) < 4.78 is 0. The number of amides is 3. The van der Waals surface area contributed by atoms with Crippen LogP contribution in [0.2, 0.25) is 0 Å². The number of nitrogens with zero attached hydrogens (tertiary/aromatic N) is 3. The lowest BCUT2D eigenvalue weighted by Gasteiger charge is -2.36. The molecular weight excluding hydrogens is 458 g/mol. The molecule has 6 nitrogen and oxygen atoms in total. The molecule has 7 heteroatoms. The first-order valence-corrected chi connectivity index (χ1v) is 12.4. The molecule has 5 rings (SSSR count). The summed E-state index contributed by atoms with van der Waals surface area (Å²) in [5.41, 5.74) is 3.37. The Morgan fingerprint density at radius 1 is 0.829 bits per heavy atom. The fraction of sp³-hybridized carbons (Fsp3) is 0.179. The number of benzene rings is 3. The minimum atomic E-state index is -0.308. The first-order chi connectivity index (χ1) is 17.1. The number of rotatable bonds is 5. The van der Waals surface area contributed by atoms with Gasteiger partial charge in [-0.3, -0.25) is 19.3 Å². The van der Waals surface area contributed by atoms with Crippen molar-refractivity contribution in [1.82, 2.24) is 9.80 Å². The van der Waals surface area contributed by atoms with E-state index < -0.39 is 0 Å². The molecular formula is C28H25N3O3S. The molecule has 2 fully saturated rings. The predicted molar refractivity (Wildman–Crippen MR) is 139 cm³/mol. The molecule has 0 N–H and O–H groups in total. The summed E-state index contributed by atoms with van der Waals surface area (Å²) >= 11 is 0.934. The number of anilines is 1. The molecule has 3 aromatic carbocycles. The smallest absolute Gasteiger partial charge is 0.293 e. The Morgan fingerprint density at radius 2 is 1.51 bits per heavy atom. The average molecular weight is 484 g/mol. The van der Waals surface area contributed by atoms with Gasteiger partial charge in [-0.25, -0.2) is 0 Å². The molecule has 0 spiro atoms. The van der Waals surface area contributed by atoms with E-state index in [0.29, 0.717) is 23.6 Å². The number of imide groups is 1.